The molecule has 0 aromatic heterocycles. The fourth-order valence-electron chi connectivity index (χ4n) is 2.88. The zero-order chi connectivity index (χ0) is 15.4. The number of hydrogen-bond acceptors (Lipinski definition) is 1. The van der Waals surface area contributed by atoms with Crippen molar-refractivity contribution in [2.45, 2.75) is 45.6 Å². The van der Waals surface area contributed by atoms with E-state index in [1.165, 1.54) is 4.90 Å². The summed E-state index contributed by atoms with van der Waals surface area (Å²) >= 11 is 0. The van der Waals surface area contributed by atoms with Gasteiger partial charge in [-0.3, -0.25) is 4.79 Å². The topological polar surface area (TPSA) is 20.3 Å². The zero-order valence-corrected chi connectivity index (χ0v) is 12.2. The Balaban J connectivity index is 2.13. The van der Waals surface area contributed by atoms with Gasteiger partial charge in [-0.25, -0.2) is 13.2 Å². The number of amides is 1. The minimum atomic E-state index is -1.22. The Morgan fingerprint density at radius 2 is 1.86 bits per heavy atom. The van der Waals surface area contributed by atoms with Crippen LogP contribution in [-0.4, -0.2) is 17.4 Å². The number of rotatable bonds is 4. The highest BCUT2D eigenvalue weighted by atomic mass is 19.2. The maximum absolute atomic E-state index is 13.7. The lowest BCUT2D eigenvalue weighted by atomic mass is 9.88. The highest BCUT2D eigenvalue weighted by Gasteiger charge is 2.26. The van der Waals surface area contributed by atoms with E-state index in [4.69, 9.17) is 0 Å². The SMILES string of the molecule is CCN(Cc1cc(F)cc(F)c1F)C(=O)C1CCCCC1. The van der Waals surface area contributed by atoms with Gasteiger partial charge in [0.2, 0.25) is 5.91 Å². The summed E-state index contributed by atoms with van der Waals surface area (Å²) in [6, 6.07) is 1.47. The van der Waals surface area contributed by atoms with E-state index >= 15 is 0 Å². The molecule has 116 valence electrons. The van der Waals surface area contributed by atoms with Crippen LogP contribution in [0.3, 0.4) is 0 Å². The monoisotopic (exact) mass is 299 g/mol. The van der Waals surface area contributed by atoms with E-state index in [-0.39, 0.29) is 23.9 Å². The Morgan fingerprint density at radius 3 is 2.48 bits per heavy atom. The summed E-state index contributed by atoms with van der Waals surface area (Å²) in [5, 5.41) is 0. The molecule has 21 heavy (non-hydrogen) atoms. The van der Waals surface area contributed by atoms with Crippen molar-refractivity contribution in [1.82, 2.24) is 4.90 Å². The third-order valence-corrected chi connectivity index (χ3v) is 4.08. The predicted molar refractivity (Wildman–Crippen MR) is 74.0 cm³/mol. The van der Waals surface area contributed by atoms with Crippen LogP contribution in [0.5, 0.6) is 0 Å². The van der Waals surface area contributed by atoms with Gasteiger partial charge >= 0.3 is 0 Å². The number of hydrogen-bond donors (Lipinski definition) is 0. The van der Waals surface area contributed by atoms with Gasteiger partial charge in [0, 0.05) is 30.6 Å². The third-order valence-electron chi connectivity index (χ3n) is 4.08. The van der Waals surface area contributed by atoms with Gasteiger partial charge in [-0.05, 0) is 25.8 Å². The van der Waals surface area contributed by atoms with Crippen molar-refractivity contribution >= 4 is 5.91 Å². The van der Waals surface area contributed by atoms with Gasteiger partial charge in [0.05, 0.1) is 0 Å². The van der Waals surface area contributed by atoms with E-state index in [0.717, 1.165) is 38.2 Å². The first-order valence-electron chi connectivity index (χ1n) is 7.45. The van der Waals surface area contributed by atoms with Crippen LogP contribution in [0.25, 0.3) is 0 Å². The molecule has 1 aromatic rings. The highest BCUT2D eigenvalue weighted by molar-refractivity contribution is 5.78. The molecule has 0 N–H and O–H groups in total. The Morgan fingerprint density at radius 1 is 1.19 bits per heavy atom. The van der Waals surface area contributed by atoms with Crippen LogP contribution in [0.4, 0.5) is 13.2 Å². The summed E-state index contributed by atoms with van der Waals surface area (Å²) in [6.07, 6.45) is 4.87. The number of nitrogens with zero attached hydrogens (tertiary/aromatic N) is 1. The fraction of sp³-hybridized carbons (Fsp3) is 0.562. The molecule has 0 radical (unpaired) electrons. The van der Waals surface area contributed by atoms with Crippen molar-refractivity contribution < 1.29 is 18.0 Å². The molecule has 1 fully saturated rings. The first-order chi connectivity index (χ1) is 10.0. The minimum Gasteiger partial charge on any atom is -0.338 e. The van der Waals surface area contributed by atoms with Gasteiger partial charge < -0.3 is 4.90 Å². The quantitative estimate of drug-likeness (QED) is 0.769. The fourth-order valence-corrected chi connectivity index (χ4v) is 2.88. The lowest BCUT2D eigenvalue weighted by Crippen LogP contribution is -2.36. The maximum Gasteiger partial charge on any atom is 0.225 e. The molecule has 0 spiro atoms. The molecular weight excluding hydrogens is 279 g/mol. The van der Waals surface area contributed by atoms with Crippen molar-refractivity contribution in [3.8, 4) is 0 Å². The predicted octanol–water partition coefficient (Wildman–Crippen LogP) is 4.03. The van der Waals surface area contributed by atoms with Crippen LogP contribution in [0.2, 0.25) is 0 Å². The molecule has 0 aliphatic heterocycles. The van der Waals surface area contributed by atoms with Gasteiger partial charge in [-0.15, -0.1) is 0 Å². The Bertz CT molecular complexity index is 512. The number of carbonyl (C=O) groups excluding carboxylic acids is 1. The molecule has 0 bridgehead atoms. The second-order valence-corrected chi connectivity index (χ2v) is 5.55. The smallest absolute Gasteiger partial charge is 0.225 e. The highest BCUT2D eigenvalue weighted by Crippen LogP contribution is 2.26. The lowest BCUT2D eigenvalue weighted by molar-refractivity contribution is -0.137. The molecule has 5 heteroatoms. The van der Waals surface area contributed by atoms with E-state index in [0.29, 0.717) is 12.6 Å². The minimum absolute atomic E-state index is 0.0405. The average molecular weight is 299 g/mol. The van der Waals surface area contributed by atoms with Gasteiger partial charge in [0.1, 0.15) is 5.82 Å². The molecule has 0 atom stereocenters. The standard InChI is InChI=1S/C16H20F3NO/c1-2-20(16(21)11-6-4-3-5-7-11)10-12-8-13(17)9-14(18)15(12)19/h8-9,11H,2-7,10H2,1H3. The van der Waals surface area contributed by atoms with Crippen molar-refractivity contribution in [3.63, 3.8) is 0 Å². The van der Waals surface area contributed by atoms with Crippen molar-refractivity contribution in [3.05, 3.63) is 35.1 Å². The van der Waals surface area contributed by atoms with E-state index in [1.807, 2.05) is 0 Å². The van der Waals surface area contributed by atoms with Crippen molar-refractivity contribution in [1.29, 1.82) is 0 Å². The number of carbonyl (C=O) groups is 1. The maximum atomic E-state index is 13.7. The van der Waals surface area contributed by atoms with Crippen LogP contribution >= 0.6 is 0 Å². The Hall–Kier alpha value is -1.52. The van der Waals surface area contributed by atoms with E-state index in [1.54, 1.807) is 6.92 Å². The van der Waals surface area contributed by atoms with E-state index in [2.05, 4.69) is 0 Å². The van der Waals surface area contributed by atoms with Crippen molar-refractivity contribution in [2.24, 2.45) is 5.92 Å². The summed E-state index contributed by atoms with van der Waals surface area (Å²) < 4.78 is 40.1. The molecule has 0 unspecified atom stereocenters. The Kier molecular flexibility index (Phi) is 5.26. The molecule has 0 heterocycles. The Labute approximate surface area is 122 Å². The molecule has 1 saturated carbocycles. The first-order valence-corrected chi connectivity index (χ1v) is 7.45. The molecule has 2 nitrogen and oxygen atoms in total. The second kappa shape index (κ2) is 6.96. The molecule has 2 rings (SSSR count). The van der Waals surface area contributed by atoms with E-state index in [9.17, 15) is 18.0 Å². The van der Waals surface area contributed by atoms with Crippen LogP contribution in [0.15, 0.2) is 12.1 Å². The average Bonchev–Trinajstić information content (AvgIpc) is 2.49. The molecule has 0 saturated heterocycles. The third kappa shape index (κ3) is 3.77. The second-order valence-electron chi connectivity index (χ2n) is 5.55. The number of benzene rings is 1. The summed E-state index contributed by atoms with van der Waals surface area (Å²) in [4.78, 5) is 13.9. The van der Waals surface area contributed by atoms with Gasteiger partial charge in [0.25, 0.3) is 0 Å². The molecule has 1 amide bonds. The van der Waals surface area contributed by atoms with Gasteiger partial charge in [-0.2, -0.15) is 0 Å². The summed E-state index contributed by atoms with van der Waals surface area (Å²) in [5.41, 5.74) is -0.112. The van der Waals surface area contributed by atoms with Crippen LogP contribution in [0, 0.1) is 23.4 Å². The van der Waals surface area contributed by atoms with Crippen molar-refractivity contribution in [2.75, 3.05) is 6.54 Å². The summed E-state index contributed by atoms with van der Waals surface area (Å²) in [5.74, 6) is -3.20. The zero-order valence-electron chi connectivity index (χ0n) is 12.2. The van der Waals surface area contributed by atoms with Crippen LogP contribution in [0.1, 0.15) is 44.6 Å². The summed E-state index contributed by atoms with van der Waals surface area (Å²) in [6.45, 7) is 2.09. The van der Waals surface area contributed by atoms with Gasteiger partial charge in [0.15, 0.2) is 11.6 Å². The molecule has 1 aromatic carbocycles. The first kappa shape index (κ1) is 15.9. The van der Waals surface area contributed by atoms with Crippen LogP contribution in [-0.2, 0) is 11.3 Å². The molecular formula is C16H20F3NO. The normalized spacial score (nSPS) is 16.0. The summed E-state index contributed by atoms with van der Waals surface area (Å²) in [7, 11) is 0. The van der Waals surface area contributed by atoms with E-state index < -0.39 is 17.5 Å². The molecule has 1 aliphatic carbocycles. The van der Waals surface area contributed by atoms with Crippen LogP contribution < -0.4 is 0 Å². The lowest BCUT2D eigenvalue weighted by Gasteiger charge is -2.28. The van der Waals surface area contributed by atoms with Gasteiger partial charge in [-0.1, -0.05) is 19.3 Å². The largest absolute Gasteiger partial charge is 0.338 e. The number of halogens is 3. The molecule has 1 aliphatic rings.